The summed E-state index contributed by atoms with van der Waals surface area (Å²) < 4.78 is 24.7. The minimum Gasteiger partial charge on any atom is -0.454 e. The minimum atomic E-state index is -0.979. The molecule has 1 unspecified atom stereocenters. The molecule has 7 nitrogen and oxygen atoms in total. The Morgan fingerprint density at radius 2 is 1.78 bits per heavy atom. The molecule has 1 saturated carbocycles. The lowest BCUT2D eigenvalue weighted by Crippen LogP contribution is -2.47. The lowest BCUT2D eigenvalue weighted by atomic mass is 9.94. The lowest BCUT2D eigenvalue weighted by Gasteiger charge is -2.33. The first-order valence-electron chi connectivity index (χ1n) is 12.2. The fourth-order valence-electron chi connectivity index (χ4n) is 4.80. The van der Waals surface area contributed by atoms with E-state index in [1.807, 2.05) is 12.1 Å². The van der Waals surface area contributed by atoms with Crippen molar-refractivity contribution in [2.24, 2.45) is 0 Å². The van der Waals surface area contributed by atoms with Gasteiger partial charge in [-0.15, -0.1) is 0 Å². The van der Waals surface area contributed by atoms with Gasteiger partial charge in [0, 0.05) is 18.8 Å². The summed E-state index contributed by atoms with van der Waals surface area (Å²) in [5.74, 6) is 0.109. The van der Waals surface area contributed by atoms with Gasteiger partial charge in [-0.2, -0.15) is 0 Å². The Morgan fingerprint density at radius 3 is 2.53 bits per heavy atom. The van der Waals surface area contributed by atoms with Gasteiger partial charge in [-0.05, 0) is 60.4 Å². The maximum absolute atomic E-state index is 13.8. The fraction of sp³-hybridized carbons (Fsp3) is 0.321. The van der Waals surface area contributed by atoms with Gasteiger partial charge in [0.2, 0.25) is 12.7 Å². The van der Waals surface area contributed by atoms with Crippen molar-refractivity contribution in [1.29, 1.82) is 0 Å². The molecule has 2 aromatic carbocycles. The van der Waals surface area contributed by atoms with Gasteiger partial charge >= 0.3 is 0 Å². The molecule has 1 aliphatic carbocycles. The van der Waals surface area contributed by atoms with Gasteiger partial charge in [-0.25, -0.2) is 4.39 Å². The molecule has 1 aromatic heterocycles. The second kappa shape index (κ2) is 10.8. The third-order valence-corrected chi connectivity index (χ3v) is 6.63. The van der Waals surface area contributed by atoms with Crippen LogP contribution in [0.4, 0.5) is 4.39 Å². The fourth-order valence-corrected chi connectivity index (χ4v) is 4.80. The largest absolute Gasteiger partial charge is 0.454 e. The van der Waals surface area contributed by atoms with Gasteiger partial charge in [-0.1, -0.05) is 43.5 Å². The number of nitrogens with one attached hydrogen (secondary N) is 1. The molecule has 36 heavy (non-hydrogen) atoms. The van der Waals surface area contributed by atoms with Gasteiger partial charge in [0.15, 0.2) is 11.5 Å². The highest BCUT2D eigenvalue weighted by Gasteiger charge is 2.34. The number of nitrogens with zero attached hydrogens (tertiary/aromatic N) is 2. The minimum absolute atomic E-state index is 0.0477. The Balaban J connectivity index is 1.53. The molecule has 1 N–H and O–H groups in total. The molecule has 3 aromatic rings. The molecule has 0 spiro atoms. The van der Waals surface area contributed by atoms with Gasteiger partial charge in [0.05, 0.1) is 0 Å². The number of hydrogen-bond donors (Lipinski definition) is 1. The lowest BCUT2D eigenvalue weighted by molar-refractivity contribution is -0.127. The van der Waals surface area contributed by atoms with Crippen LogP contribution in [0.25, 0.3) is 0 Å². The molecule has 0 bridgehead atoms. The summed E-state index contributed by atoms with van der Waals surface area (Å²) >= 11 is 0. The van der Waals surface area contributed by atoms with E-state index in [4.69, 9.17) is 9.47 Å². The van der Waals surface area contributed by atoms with E-state index in [1.165, 1.54) is 17.0 Å². The van der Waals surface area contributed by atoms with Crippen molar-refractivity contribution in [3.63, 3.8) is 0 Å². The third kappa shape index (κ3) is 5.32. The summed E-state index contributed by atoms with van der Waals surface area (Å²) in [6.07, 6.45) is 6.61. The topological polar surface area (TPSA) is 80.8 Å². The number of carbonyl (C=O) groups excluding carboxylic acids is 2. The van der Waals surface area contributed by atoms with Crippen LogP contribution in [0, 0.1) is 5.82 Å². The molecule has 1 aliphatic heterocycles. The van der Waals surface area contributed by atoms with Crippen molar-refractivity contribution >= 4 is 11.8 Å². The van der Waals surface area contributed by atoms with E-state index < -0.39 is 17.8 Å². The van der Waals surface area contributed by atoms with Crippen molar-refractivity contribution in [2.75, 3.05) is 6.79 Å². The summed E-state index contributed by atoms with van der Waals surface area (Å²) in [4.78, 5) is 33.3. The normalized spacial score (nSPS) is 15.8. The Hall–Kier alpha value is -3.94. The summed E-state index contributed by atoms with van der Waals surface area (Å²) in [7, 11) is 0. The molecule has 1 atom stereocenters. The summed E-state index contributed by atoms with van der Waals surface area (Å²) in [6, 6.07) is 15.3. The average Bonchev–Trinajstić information content (AvgIpc) is 3.38. The van der Waals surface area contributed by atoms with Crippen LogP contribution in [0.5, 0.6) is 11.5 Å². The van der Waals surface area contributed by atoms with E-state index >= 15 is 0 Å². The molecule has 5 rings (SSSR count). The first kappa shape index (κ1) is 23.8. The second-order valence-electron chi connectivity index (χ2n) is 9.13. The highest BCUT2D eigenvalue weighted by molar-refractivity contribution is 5.96. The van der Waals surface area contributed by atoms with E-state index in [-0.39, 0.29) is 31.0 Å². The number of pyridine rings is 1. The van der Waals surface area contributed by atoms with Crippen molar-refractivity contribution < 1.29 is 23.5 Å². The van der Waals surface area contributed by atoms with Crippen molar-refractivity contribution in [3.05, 3.63) is 89.5 Å². The molecule has 1 fully saturated rings. The van der Waals surface area contributed by atoms with Crippen LogP contribution >= 0.6 is 0 Å². The summed E-state index contributed by atoms with van der Waals surface area (Å²) in [6.45, 7) is 0.254. The Morgan fingerprint density at radius 1 is 1.00 bits per heavy atom. The molecule has 0 saturated heterocycles. The predicted molar refractivity (Wildman–Crippen MR) is 131 cm³/mol. The Labute approximate surface area is 209 Å². The molecule has 0 radical (unpaired) electrons. The summed E-state index contributed by atoms with van der Waals surface area (Å²) in [5, 5.41) is 3.15. The quantitative estimate of drug-likeness (QED) is 0.517. The number of halogens is 1. The van der Waals surface area contributed by atoms with Crippen LogP contribution in [-0.4, -0.2) is 34.5 Å². The zero-order valence-electron chi connectivity index (χ0n) is 19.9. The van der Waals surface area contributed by atoms with E-state index in [0.717, 1.165) is 37.7 Å². The van der Waals surface area contributed by atoms with Crippen LogP contribution in [0.15, 0.2) is 66.9 Å². The van der Waals surface area contributed by atoms with Crippen molar-refractivity contribution in [2.45, 2.75) is 50.7 Å². The SMILES string of the molecule is O=C(NC1CCCCC1)C(c1ccc(F)cc1)N(Cc1ccc2c(c1)OCO2)C(=O)c1ccccn1. The molecule has 2 amide bonds. The number of amides is 2. The molecular formula is C28H28FN3O4. The van der Waals surface area contributed by atoms with Gasteiger partial charge < -0.3 is 19.7 Å². The maximum atomic E-state index is 13.8. The standard InChI is InChI=1S/C28H28FN3O4/c29-21-12-10-20(11-13-21)26(27(33)31-22-6-2-1-3-7-22)32(28(34)23-8-4-5-15-30-23)17-19-9-14-24-25(16-19)36-18-35-24/h4-5,8-16,22,26H,1-3,6-7,17-18H2,(H,31,33). The van der Waals surface area contributed by atoms with Crippen LogP contribution in [0.3, 0.4) is 0 Å². The number of rotatable bonds is 7. The smallest absolute Gasteiger partial charge is 0.273 e. The monoisotopic (exact) mass is 489 g/mol. The number of fused-ring (bicyclic) bond motifs is 1. The highest BCUT2D eigenvalue weighted by Crippen LogP contribution is 2.34. The number of hydrogen-bond acceptors (Lipinski definition) is 5. The average molecular weight is 490 g/mol. The number of benzene rings is 2. The second-order valence-corrected chi connectivity index (χ2v) is 9.13. The molecule has 2 aliphatic rings. The van der Waals surface area contributed by atoms with Crippen LogP contribution in [0.2, 0.25) is 0 Å². The van der Waals surface area contributed by atoms with Crippen molar-refractivity contribution in [1.82, 2.24) is 15.2 Å². The zero-order valence-corrected chi connectivity index (χ0v) is 19.9. The molecule has 186 valence electrons. The molecule has 2 heterocycles. The van der Waals surface area contributed by atoms with Crippen molar-refractivity contribution in [3.8, 4) is 11.5 Å². The summed E-state index contributed by atoms with van der Waals surface area (Å²) in [5.41, 5.74) is 1.51. The predicted octanol–water partition coefficient (Wildman–Crippen LogP) is 4.78. The Kier molecular flexibility index (Phi) is 7.11. The van der Waals surface area contributed by atoms with Crippen LogP contribution in [-0.2, 0) is 11.3 Å². The third-order valence-electron chi connectivity index (χ3n) is 6.63. The van der Waals surface area contributed by atoms with E-state index in [1.54, 1.807) is 42.6 Å². The van der Waals surface area contributed by atoms with E-state index in [2.05, 4.69) is 10.3 Å². The van der Waals surface area contributed by atoms with E-state index in [0.29, 0.717) is 17.1 Å². The Bertz CT molecular complexity index is 1210. The first-order chi connectivity index (χ1) is 17.6. The highest BCUT2D eigenvalue weighted by atomic mass is 19.1. The maximum Gasteiger partial charge on any atom is 0.273 e. The molecular weight excluding hydrogens is 461 g/mol. The number of carbonyl (C=O) groups is 2. The van der Waals surface area contributed by atoms with Crippen LogP contribution in [0.1, 0.15) is 59.8 Å². The molecule has 8 heteroatoms. The zero-order chi connectivity index (χ0) is 24.9. The number of ether oxygens (including phenoxy) is 2. The van der Waals surface area contributed by atoms with Gasteiger partial charge in [0.1, 0.15) is 17.6 Å². The van der Waals surface area contributed by atoms with Gasteiger partial charge in [0.25, 0.3) is 5.91 Å². The van der Waals surface area contributed by atoms with Gasteiger partial charge in [-0.3, -0.25) is 14.6 Å². The van der Waals surface area contributed by atoms with Crippen LogP contribution < -0.4 is 14.8 Å². The van der Waals surface area contributed by atoms with E-state index in [9.17, 15) is 14.0 Å². The number of aromatic nitrogens is 1. The first-order valence-corrected chi connectivity index (χ1v) is 12.2.